The lowest BCUT2D eigenvalue weighted by Gasteiger charge is -2.56. The van der Waals surface area contributed by atoms with Crippen molar-refractivity contribution in [2.75, 3.05) is 26.2 Å². The van der Waals surface area contributed by atoms with Gasteiger partial charge in [-0.3, -0.25) is 4.79 Å². The molecule has 3 nitrogen and oxygen atoms in total. The summed E-state index contributed by atoms with van der Waals surface area (Å²) in [5.41, 5.74) is 2.19. The molecule has 3 saturated heterocycles. The summed E-state index contributed by atoms with van der Waals surface area (Å²) < 4.78 is 0.927. The summed E-state index contributed by atoms with van der Waals surface area (Å²) in [6, 6.07) is 15.5. The van der Waals surface area contributed by atoms with Gasteiger partial charge in [0.15, 0.2) is 5.78 Å². The van der Waals surface area contributed by atoms with E-state index in [-0.39, 0.29) is 5.78 Å². The van der Waals surface area contributed by atoms with E-state index in [1.54, 1.807) is 0 Å². The smallest absolute Gasteiger partial charge is 0.163 e. The minimum Gasteiger partial charge on any atom is -0.379 e. The minimum absolute atomic E-state index is 0.220. The average molecular weight is 399 g/mol. The molecule has 0 spiro atoms. The van der Waals surface area contributed by atoms with Crippen molar-refractivity contribution in [3.63, 3.8) is 0 Å². The van der Waals surface area contributed by atoms with Crippen molar-refractivity contribution in [1.29, 1.82) is 0 Å². The highest BCUT2D eigenvalue weighted by Crippen LogP contribution is 2.46. The summed E-state index contributed by atoms with van der Waals surface area (Å²) in [6.07, 6.45) is 3.54. The fourth-order valence-electron chi connectivity index (χ4n) is 5.22. The van der Waals surface area contributed by atoms with E-state index in [0.717, 1.165) is 61.1 Å². The topological polar surface area (TPSA) is 37.3 Å². The largest absolute Gasteiger partial charge is 0.379 e. The molecule has 1 unspecified atom stereocenters. The number of carbonyl (C=O) groups excluding carboxylic acids is 1. The van der Waals surface area contributed by atoms with Crippen molar-refractivity contribution in [3.8, 4) is 0 Å². The molecule has 4 heteroatoms. The predicted molar refractivity (Wildman–Crippen MR) is 113 cm³/mol. The Bertz CT molecular complexity index is 838. The number of Topliss-reactive ketones (excluding diaryl/α,β-unsaturated/α-hetero) is 1. The Kier molecular flexibility index (Phi) is 5.34. The molecule has 5 rings (SSSR count). The third-order valence-electron chi connectivity index (χ3n) is 6.91. The van der Waals surface area contributed by atoms with Crippen LogP contribution in [0.3, 0.4) is 0 Å². The zero-order chi connectivity index (χ0) is 19.8. The second kappa shape index (κ2) is 7.62. The highest BCUT2D eigenvalue weighted by molar-refractivity contribution is 6.30. The van der Waals surface area contributed by atoms with E-state index in [2.05, 4.69) is 0 Å². The molecule has 28 heavy (non-hydrogen) atoms. The van der Waals surface area contributed by atoms with E-state index in [9.17, 15) is 9.90 Å². The zero-order valence-electron chi connectivity index (χ0n) is 16.5. The first-order chi connectivity index (χ1) is 13.4. The maximum atomic E-state index is 12.5. The zero-order valence-corrected chi connectivity index (χ0v) is 17.3. The first-order valence-corrected chi connectivity index (χ1v) is 10.7. The minimum atomic E-state index is -0.776. The summed E-state index contributed by atoms with van der Waals surface area (Å²) in [6.45, 7) is 5.96. The molecule has 0 saturated carbocycles. The number of quaternary nitrogens is 1. The van der Waals surface area contributed by atoms with Crippen molar-refractivity contribution >= 4 is 17.4 Å². The summed E-state index contributed by atoms with van der Waals surface area (Å²) in [5, 5.41) is 12.3. The maximum absolute atomic E-state index is 12.5. The number of halogens is 1. The Hall–Kier alpha value is -1.68. The van der Waals surface area contributed by atoms with Crippen LogP contribution in [0.15, 0.2) is 48.5 Å². The lowest BCUT2D eigenvalue weighted by molar-refractivity contribution is -0.952. The van der Waals surface area contributed by atoms with Crippen LogP contribution in [0.4, 0.5) is 0 Å². The van der Waals surface area contributed by atoms with Crippen LogP contribution in [-0.4, -0.2) is 41.6 Å². The van der Waals surface area contributed by atoms with Gasteiger partial charge in [-0.25, -0.2) is 0 Å². The summed E-state index contributed by atoms with van der Waals surface area (Å²) in [5.74, 6) is 0.543. The van der Waals surface area contributed by atoms with E-state index in [1.807, 2.05) is 55.5 Å². The predicted octanol–water partition coefficient (Wildman–Crippen LogP) is 4.74. The number of benzene rings is 2. The van der Waals surface area contributed by atoms with Gasteiger partial charge in [0.05, 0.1) is 19.6 Å². The van der Waals surface area contributed by atoms with Gasteiger partial charge in [-0.2, -0.15) is 0 Å². The summed E-state index contributed by atoms with van der Waals surface area (Å²) >= 11 is 6.04. The molecule has 0 aromatic heterocycles. The van der Waals surface area contributed by atoms with Crippen LogP contribution < -0.4 is 0 Å². The van der Waals surface area contributed by atoms with Crippen LogP contribution >= 0.6 is 11.6 Å². The number of hydrogen-bond acceptors (Lipinski definition) is 2. The molecular formula is C24H29ClNO2+. The van der Waals surface area contributed by atoms with Crippen molar-refractivity contribution in [1.82, 2.24) is 0 Å². The number of carbonyl (C=O) groups is 1. The van der Waals surface area contributed by atoms with Crippen LogP contribution in [0.5, 0.6) is 0 Å². The second-order valence-corrected chi connectivity index (χ2v) is 9.21. The van der Waals surface area contributed by atoms with Gasteiger partial charge in [0, 0.05) is 42.2 Å². The second-order valence-electron chi connectivity index (χ2n) is 8.77. The van der Waals surface area contributed by atoms with Gasteiger partial charge in [0.2, 0.25) is 0 Å². The third kappa shape index (κ3) is 3.76. The van der Waals surface area contributed by atoms with Gasteiger partial charge in [0.1, 0.15) is 12.1 Å². The van der Waals surface area contributed by atoms with Gasteiger partial charge in [0.25, 0.3) is 0 Å². The van der Waals surface area contributed by atoms with Crippen LogP contribution in [0.1, 0.15) is 47.2 Å². The quantitative estimate of drug-likeness (QED) is 0.563. The van der Waals surface area contributed by atoms with Crippen LogP contribution in [-0.2, 0) is 5.60 Å². The fraction of sp³-hybridized carbons (Fsp3) is 0.458. The molecule has 3 fully saturated rings. The Morgan fingerprint density at radius 1 is 1.11 bits per heavy atom. The van der Waals surface area contributed by atoms with Gasteiger partial charge in [-0.05, 0) is 24.6 Å². The normalized spacial score (nSPS) is 29.0. The number of hydrogen-bond donors (Lipinski definition) is 1. The van der Waals surface area contributed by atoms with Crippen LogP contribution in [0.25, 0.3) is 0 Å². The molecule has 0 amide bonds. The highest BCUT2D eigenvalue weighted by atomic mass is 35.5. The van der Waals surface area contributed by atoms with Crippen molar-refractivity contribution < 1.29 is 14.4 Å². The summed E-state index contributed by atoms with van der Waals surface area (Å²) in [4.78, 5) is 12.5. The monoisotopic (exact) mass is 398 g/mol. The molecule has 148 valence electrons. The van der Waals surface area contributed by atoms with Crippen molar-refractivity contribution in [3.05, 3.63) is 70.2 Å². The molecule has 2 aromatic carbocycles. The van der Waals surface area contributed by atoms with Gasteiger partial charge in [-0.15, -0.1) is 0 Å². The van der Waals surface area contributed by atoms with Gasteiger partial charge < -0.3 is 9.59 Å². The number of aryl methyl sites for hydroxylation is 1. The Morgan fingerprint density at radius 2 is 1.75 bits per heavy atom. The first-order valence-electron chi connectivity index (χ1n) is 10.3. The highest BCUT2D eigenvalue weighted by Gasteiger charge is 2.54. The van der Waals surface area contributed by atoms with E-state index >= 15 is 0 Å². The molecule has 0 aliphatic carbocycles. The van der Waals surface area contributed by atoms with E-state index in [0.29, 0.717) is 17.4 Å². The molecule has 3 heterocycles. The number of fused-ring (bicyclic) bond motifs is 3. The number of nitrogens with zero attached hydrogens (tertiary/aromatic N) is 1. The summed E-state index contributed by atoms with van der Waals surface area (Å²) in [7, 11) is 0. The molecule has 1 atom stereocenters. The van der Waals surface area contributed by atoms with Crippen LogP contribution in [0.2, 0.25) is 5.02 Å². The SMILES string of the molecule is Cc1ccc(C(=O)CCC[N+]23CCC(CC2)C(O)(c2ccc(Cl)cc2)C3)cc1. The van der Waals surface area contributed by atoms with Crippen molar-refractivity contribution in [2.24, 2.45) is 5.92 Å². The molecule has 2 aromatic rings. The standard InChI is InChI=1S/C24H29ClNO2/c1-18-4-6-19(7-5-18)23(27)3-2-14-26-15-12-21(13-16-26)24(28,17-26)20-8-10-22(25)11-9-20/h4-11,21,28H,2-3,12-17H2,1H3/q+1. The Balaban J connectivity index is 1.42. The number of aliphatic hydroxyl groups is 1. The van der Waals surface area contributed by atoms with Crippen LogP contribution in [0, 0.1) is 12.8 Å². The molecule has 2 bridgehead atoms. The first kappa shape index (κ1) is 19.6. The fourth-order valence-corrected chi connectivity index (χ4v) is 5.34. The van der Waals surface area contributed by atoms with E-state index < -0.39 is 5.60 Å². The van der Waals surface area contributed by atoms with E-state index in [1.165, 1.54) is 5.56 Å². The number of piperidine rings is 3. The van der Waals surface area contributed by atoms with Crippen molar-refractivity contribution in [2.45, 2.75) is 38.2 Å². The molecule has 1 N–H and O–H groups in total. The molecule has 0 radical (unpaired) electrons. The lowest BCUT2D eigenvalue weighted by atomic mass is 9.70. The number of rotatable bonds is 6. The maximum Gasteiger partial charge on any atom is 0.163 e. The molecule has 3 aliphatic heterocycles. The third-order valence-corrected chi connectivity index (χ3v) is 7.16. The average Bonchev–Trinajstić information content (AvgIpc) is 2.69. The van der Waals surface area contributed by atoms with Gasteiger partial charge in [-0.1, -0.05) is 53.6 Å². The van der Waals surface area contributed by atoms with E-state index in [4.69, 9.17) is 11.6 Å². The lowest BCUT2D eigenvalue weighted by Crippen LogP contribution is -2.67. The number of ketones is 1. The Morgan fingerprint density at radius 3 is 2.39 bits per heavy atom. The van der Waals surface area contributed by atoms with Gasteiger partial charge >= 0.3 is 0 Å². The molecule has 3 aliphatic rings. The molecular weight excluding hydrogens is 370 g/mol. The Labute approximate surface area is 172 Å².